The Hall–Kier alpha value is -0.730. The van der Waals surface area contributed by atoms with Gasteiger partial charge in [-0.25, -0.2) is 4.79 Å². The summed E-state index contributed by atoms with van der Waals surface area (Å²) < 4.78 is 5.31. The van der Waals surface area contributed by atoms with Crippen LogP contribution in [0.1, 0.15) is 41.5 Å². The fourth-order valence-corrected chi connectivity index (χ4v) is 2.30. The van der Waals surface area contributed by atoms with Crippen LogP contribution in [-0.2, 0) is 4.74 Å². The van der Waals surface area contributed by atoms with Crippen molar-refractivity contribution in [3.05, 3.63) is 0 Å². The maximum Gasteiger partial charge on any atom is 0.410 e. The fourth-order valence-electron chi connectivity index (χ4n) is 2.30. The van der Waals surface area contributed by atoms with E-state index in [1.54, 1.807) is 0 Å². The van der Waals surface area contributed by atoms with Gasteiger partial charge in [0.2, 0.25) is 0 Å². The summed E-state index contributed by atoms with van der Waals surface area (Å²) in [5.74, 6) is 2.33. The number of ether oxygens (including phenoxy) is 1. The molecule has 1 aliphatic heterocycles. The smallest absolute Gasteiger partial charge is 0.410 e. The zero-order valence-electron chi connectivity index (χ0n) is 11.4. The Labute approximate surface area is 99.1 Å². The molecule has 2 atom stereocenters. The highest BCUT2D eigenvalue weighted by atomic mass is 16.6. The van der Waals surface area contributed by atoms with Gasteiger partial charge in [-0.1, -0.05) is 20.8 Å². The number of piperidine rings is 1. The van der Waals surface area contributed by atoms with Crippen molar-refractivity contribution >= 4 is 6.09 Å². The van der Waals surface area contributed by atoms with Crippen LogP contribution in [0.2, 0.25) is 0 Å². The second-order valence-electron chi connectivity index (χ2n) is 5.57. The molecular weight excluding hydrogens is 202 g/mol. The van der Waals surface area contributed by atoms with Crippen LogP contribution in [0.5, 0.6) is 0 Å². The molecule has 16 heavy (non-hydrogen) atoms. The van der Waals surface area contributed by atoms with Crippen molar-refractivity contribution in [2.75, 3.05) is 13.1 Å². The second kappa shape index (κ2) is 4.64. The normalized spacial score (nSPS) is 31.4. The number of carbonyl (C=O) groups is 1. The summed E-state index contributed by atoms with van der Waals surface area (Å²) in [5.41, 5.74) is -0.366. The summed E-state index contributed by atoms with van der Waals surface area (Å²) in [6, 6.07) is 0. The molecule has 94 valence electrons. The number of hydrogen-bond acceptors (Lipinski definition) is 2. The Morgan fingerprint density at radius 3 is 2.00 bits per heavy atom. The molecule has 1 saturated carbocycles. The largest absolute Gasteiger partial charge is 0.444 e. The summed E-state index contributed by atoms with van der Waals surface area (Å²) in [4.78, 5) is 13.5. The molecule has 3 nitrogen and oxygen atoms in total. The molecule has 3 heteroatoms. The number of rotatable bonds is 0. The molecule has 1 heterocycles. The first-order chi connectivity index (χ1) is 7.38. The Bertz CT molecular complexity index is 245. The van der Waals surface area contributed by atoms with Crippen LogP contribution in [0.4, 0.5) is 4.79 Å². The lowest BCUT2D eigenvalue weighted by atomic mass is 10.2. The van der Waals surface area contributed by atoms with E-state index in [0.717, 1.165) is 30.8 Å². The number of carbonyl (C=O) groups excluding carboxylic acids is 1. The van der Waals surface area contributed by atoms with Crippen molar-refractivity contribution in [3.63, 3.8) is 0 Å². The lowest BCUT2D eigenvalue weighted by molar-refractivity contribution is 0.0267. The summed E-state index contributed by atoms with van der Waals surface area (Å²) in [6.07, 6.45) is -0.142. The number of amides is 1. The number of likely N-dealkylation sites (tertiary alicyclic amines) is 1. The zero-order chi connectivity index (χ0) is 12.5. The van der Waals surface area contributed by atoms with E-state index in [1.165, 1.54) is 0 Å². The highest BCUT2D eigenvalue weighted by molar-refractivity contribution is 5.68. The van der Waals surface area contributed by atoms with Crippen LogP contribution in [0, 0.1) is 17.8 Å². The van der Waals surface area contributed by atoms with E-state index < -0.39 is 0 Å². The highest BCUT2D eigenvalue weighted by Crippen LogP contribution is 2.51. The van der Waals surface area contributed by atoms with Crippen LogP contribution in [0.3, 0.4) is 0 Å². The molecule has 1 saturated heterocycles. The SMILES string of the molecule is CC.CC1C2CN(C(=O)OC(C)(C)C)CC12. The average Bonchev–Trinajstić information content (AvgIpc) is 2.66. The fraction of sp³-hybridized carbons (Fsp3) is 0.923. The molecule has 1 aliphatic carbocycles. The molecule has 2 unspecified atom stereocenters. The third-order valence-electron chi connectivity index (χ3n) is 3.27. The molecule has 2 aliphatic rings. The van der Waals surface area contributed by atoms with Gasteiger partial charge < -0.3 is 9.64 Å². The molecule has 0 aromatic carbocycles. The van der Waals surface area contributed by atoms with Gasteiger partial charge in [0.1, 0.15) is 5.60 Å². The Morgan fingerprint density at radius 1 is 1.19 bits per heavy atom. The van der Waals surface area contributed by atoms with E-state index >= 15 is 0 Å². The van der Waals surface area contributed by atoms with Crippen molar-refractivity contribution in [2.24, 2.45) is 17.8 Å². The molecule has 2 fully saturated rings. The number of nitrogens with zero attached hydrogens (tertiary/aromatic N) is 1. The molecule has 0 aromatic rings. The van der Waals surface area contributed by atoms with E-state index in [2.05, 4.69) is 6.92 Å². The molecular formula is C13H25NO2. The standard InChI is InChI=1S/C11H19NO2.C2H6/c1-7-8-5-12(6-9(7)8)10(13)14-11(2,3)4;1-2/h7-9H,5-6H2,1-4H3;1-2H3. The van der Waals surface area contributed by atoms with Crippen molar-refractivity contribution in [3.8, 4) is 0 Å². The topological polar surface area (TPSA) is 29.5 Å². The zero-order valence-corrected chi connectivity index (χ0v) is 11.4. The van der Waals surface area contributed by atoms with Crippen LogP contribution in [0.25, 0.3) is 0 Å². The maximum absolute atomic E-state index is 11.6. The first-order valence-corrected chi connectivity index (χ1v) is 6.36. The average molecular weight is 227 g/mol. The Morgan fingerprint density at radius 2 is 1.62 bits per heavy atom. The van der Waals surface area contributed by atoms with Gasteiger partial charge in [-0.2, -0.15) is 0 Å². The summed E-state index contributed by atoms with van der Waals surface area (Å²) in [5, 5.41) is 0. The van der Waals surface area contributed by atoms with E-state index in [1.807, 2.05) is 39.5 Å². The lowest BCUT2D eigenvalue weighted by Gasteiger charge is -2.25. The molecule has 2 rings (SSSR count). The predicted octanol–water partition coefficient (Wildman–Crippen LogP) is 3.15. The first kappa shape index (κ1) is 13.3. The van der Waals surface area contributed by atoms with E-state index in [4.69, 9.17) is 4.74 Å². The predicted molar refractivity (Wildman–Crippen MR) is 65.3 cm³/mol. The minimum atomic E-state index is -0.366. The number of hydrogen-bond donors (Lipinski definition) is 0. The highest BCUT2D eigenvalue weighted by Gasteiger charge is 2.54. The second-order valence-corrected chi connectivity index (χ2v) is 5.57. The molecule has 0 radical (unpaired) electrons. The Balaban J connectivity index is 0.000000606. The quantitative estimate of drug-likeness (QED) is 0.636. The molecule has 0 aromatic heterocycles. The van der Waals surface area contributed by atoms with E-state index in [0.29, 0.717) is 0 Å². The molecule has 0 N–H and O–H groups in total. The molecule has 0 spiro atoms. The van der Waals surface area contributed by atoms with Gasteiger partial charge in [0.25, 0.3) is 0 Å². The van der Waals surface area contributed by atoms with Crippen LogP contribution in [0.15, 0.2) is 0 Å². The van der Waals surface area contributed by atoms with Crippen molar-refractivity contribution < 1.29 is 9.53 Å². The third-order valence-corrected chi connectivity index (χ3v) is 3.27. The van der Waals surface area contributed by atoms with Crippen LogP contribution >= 0.6 is 0 Å². The van der Waals surface area contributed by atoms with Crippen molar-refractivity contribution in [1.29, 1.82) is 0 Å². The van der Waals surface area contributed by atoms with Gasteiger partial charge in [-0.05, 0) is 38.5 Å². The lowest BCUT2D eigenvalue weighted by Crippen LogP contribution is -2.36. The van der Waals surface area contributed by atoms with Gasteiger partial charge in [-0.3, -0.25) is 0 Å². The van der Waals surface area contributed by atoms with Gasteiger partial charge >= 0.3 is 6.09 Å². The van der Waals surface area contributed by atoms with Gasteiger partial charge in [0.15, 0.2) is 0 Å². The van der Waals surface area contributed by atoms with Crippen LogP contribution < -0.4 is 0 Å². The summed E-state index contributed by atoms with van der Waals surface area (Å²) >= 11 is 0. The van der Waals surface area contributed by atoms with Gasteiger partial charge in [0.05, 0.1) is 0 Å². The summed E-state index contributed by atoms with van der Waals surface area (Å²) in [6.45, 7) is 13.8. The molecule has 1 amide bonds. The van der Waals surface area contributed by atoms with Gasteiger partial charge in [0, 0.05) is 13.1 Å². The summed E-state index contributed by atoms with van der Waals surface area (Å²) in [7, 11) is 0. The van der Waals surface area contributed by atoms with E-state index in [9.17, 15) is 4.79 Å². The monoisotopic (exact) mass is 227 g/mol. The van der Waals surface area contributed by atoms with Crippen LogP contribution in [-0.4, -0.2) is 29.7 Å². The third kappa shape index (κ3) is 2.89. The minimum Gasteiger partial charge on any atom is -0.444 e. The molecule has 0 bridgehead atoms. The van der Waals surface area contributed by atoms with Crippen molar-refractivity contribution in [1.82, 2.24) is 4.90 Å². The minimum absolute atomic E-state index is 0.142. The first-order valence-electron chi connectivity index (χ1n) is 6.36. The maximum atomic E-state index is 11.6. The van der Waals surface area contributed by atoms with E-state index in [-0.39, 0.29) is 11.7 Å². The van der Waals surface area contributed by atoms with Crippen molar-refractivity contribution in [2.45, 2.75) is 47.1 Å². The van der Waals surface area contributed by atoms with Gasteiger partial charge in [-0.15, -0.1) is 0 Å². The number of fused-ring (bicyclic) bond motifs is 1. The Kier molecular flexibility index (Phi) is 3.87.